The van der Waals surface area contributed by atoms with E-state index in [1.165, 1.54) is 0 Å². The molecule has 9 heavy (non-hydrogen) atoms. The Morgan fingerprint density at radius 3 is 2.89 bits per heavy atom. The van der Waals surface area contributed by atoms with Crippen molar-refractivity contribution in [3.8, 4) is 0 Å². The third-order valence-electron chi connectivity index (χ3n) is 0.718. The Bertz CT molecular complexity index is 87.9. The maximum atomic E-state index is 9.94. The van der Waals surface area contributed by atoms with Crippen LogP contribution in [0.1, 0.15) is 0 Å². The Labute approximate surface area is 68.2 Å². The van der Waals surface area contributed by atoms with Crippen molar-refractivity contribution in [3.05, 3.63) is 0 Å². The minimum atomic E-state index is -2.62. The van der Waals surface area contributed by atoms with Crippen LogP contribution >= 0.6 is 0 Å². The summed E-state index contributed by atoms with van der Waals surface area (Å²) in [6.07, 6.45) is 0. The quantitative estimate of drug-likeness (QED) is 0.542. The molecule has 6 heteroatoms. The molecule has 1 N–H and O–H groups in total. The van der Waals surface area contributed by atoms with E-state index in [0.29, 0.717) is 6.61 Å². The zero-order valence-corrected chi connectivity index (χ0v) is 11.8. The molecule has 0 heterocycles. The van der Waals surface area contributed by atoms with E-state index in [4.69, 9.17) is 9.53 Å². The summed E-state index contributed by atoms with van der Waals surface area (Å²) >= 11 is -1.44. The van der Waals surface area contributed by atoms with Crippen LogP contribution in [-0.2, 0) is 36.6 Å². The molecule has 0 amide bonds. The third-order valence-corrected chi connectivity index (χ3v) is 8.67. The predicted molar refractivity (Wildman–Crippen MR) is 26.4 cm³/mol. The summed E-state index contributed by atoms with van der Waals surface area (Å²) in [4.78, 5) is 8.19. The van der Waals surface area contributed by atoms with Crippen molar-refractivity contribution in [3.63, 3.8) is 0 Å². The van der Waals surface area contributed by atoms with Crippen LogP contribution in [0.25, 0.3) is 0 Å². The Balaban J connectivity index is 2.83. The van der Waals surface area contributed by atoms with E-state index in [2.05, 4.69) is 2.33 Å². The van der Waals surface area contributed by atoms with Gasteiger partial charge in [-0.2, -0.15) is 0 Å². The first-order valence-corrected chi connectivity index (χ1v) is 10.0. The van der Waals surface area contributed by atoms with Gasteiger partial charge in [0.2, 0.25) is 0 Å². The molecule has 0 aromatic carbocycles. The summed E-state index contributed by atoms with van der Waals surface area (Å²) in [5.74, 6) is 0. The number of rotatable bonds is 5. The van der Waals surface area contributed by atoms with Gasteiger partial charge in [-0.1, -0.05) is 0 Å². The SMILES string of the molecule is COC[CH2][Hg][O][Si](=O)O. The number of ether oxygens (including phenoxy) is 1. The average Bonchev–Trinajstić information content (AvgIpc) is 1.80. The second-order valence-corrected chi connectivity index (χ2v) is 9.98. The Morgan fingerprint density at radius 2 is 2.44 bits per heavy atom. The van der Waals surface area contributed by atoms with Crippen LogP contribution in [0.2, 0.25) is 3.93 Å². The van der Waals surface area contributed by atoms with Crippen molar-refractivity contribution in [1.29, 1.82) is 0 Å². The van der Waals surface area contributed by atoms with E-state index in [1.54, 1.807) is 7.11 Å². The first-order valence-electron chi connectivity index (χ1n) is 2.62. The molecule has 0 rings (SSSR count). The molecule has 0 aliphatic carbocycles. The van der Waals surface area contributed by atoms with Crippen LogP contribution in [0.5, 0.6) is 0 Å². The fourth-order valence-corrected chi connectivity index (χ4v) is 5.98. The van der Waals surface area contributed by atoms with Crippen molar-refractivity contribution < 1.29 is 41.4 Å². The molecule has 0 aliphatic rings. The van der Waals surface area contributed by atoms with Crippen molar-refractivity contribution in [2.45, 2.75) is 3.93 Å². The molecule has 0 fully saturated rings. The number of hydrogen-bond acceptors (Lipinski definition) is 3. The fourth-order valence-electron chi connectivity index (χ4n) is 0.363. The van der Waals surface area contributed by atoms with E-state index >= 15 is 0 Å². The molecule has 0 aromatic rings. The molecule has 0 aromatic heterocycles. The van der Waals surface area contributed by atoms with Gasteiger partial charge in [0.25, 0.3) is 0 Å². The summed E-state index contributed by atoms with van der Waals surface area (Å²) < 4.78 is 20.1. The summed E-state index contributed by atoms with van der Waals surface area (Å²) in [5, 5.41) is 0. The van der Waals surface area contributed by atoms with E-state index in [1.807, 2.05) is 0 Å². The van der Waals surface area contributed by atoms with Crippen LogP contribution in [-0.4, -0.2) is 27.7 Å². The van der Waals surface area contributed by atoms with Crippen LogP contribution in [0.15, 0.2) is 0 Å². The molecule has 0 aliphatic heterocycles. The molecule has 0 radical (unpaired) electrons. The Morgan fingerprint density at radius 1 is 1.78 bits per heavy atom. The van der Waals surface area contributed by atoms with Gasteiger partial charge in [-0.05, 0) is 0 Å². The van der Waals surface area contributed by atoms with Crippen molar-refractivity contribution in [2.24, 2.45) is 0 Å². The van der Waals surface area contributed by atoms with Crippen LogP contribution < -0.4 is 0 Å². The van der Waals surface area contributed by atoms with Gasteiger partial charge in [0.15, 0.2) is 0 Å². The van der Waals surface area contributed by atoms with Gasteiger partial charge in [0.05, 0.1) is 0 Å². The fraction of sp³-hybridized carbons (Fsp3) is 1.00. The first-order chi connectivity index (χ1) is 4.27. The standard InChI is InChI=1S/C3H7O.Hg.HO3Si/c1-3-4-2;;1-4(2)3/h1,3H2,2H3;;1H/q;+1;-1. The average molecular weight is 337 g/mol. The van der Waals surface area contributed by atoms with Crippen molar-refractivity contribution >= 4 is 9.17 Å². The summed E-state index contributed by atoms with van der Waals surface area (Å²) in [6.45, 7) is 0.663. The molecular formula is C3H8HgO4Si. The van der Waals surface area contributed by atoms with Crippen LogP contribution in [0.3, 0.4) is 0 Å². The van der Waals surface area contributed by atoms with Gasteiger partial charge >= 0.3 is 68.2 Å². The Kier molecular flexibility index (Phi) is 7.01. The normalized spacial score (nSPS) is 8.11. The second kappa shape index (κ2) is 6.63. The van der Waals surface area contributed by atoms with Crippen molar-refractivity contribution in [1.82, 2.24) is 0 Å². The van der Waals surface area contributed by atoms with E-state index < -0.39 is 34.2 Å². The first kappa shape index (κ1) is 9.51. The number of methoxy groups -OCH3 is 1. The number of hydrogen-bond donors (Lipinski definition) is 1. The molecular weight excluding hydrogens is 329 g/mol. The third kappa shape index (κ3) is 8.51. The maximum absolute atomic E-state index is 9.94. The monoisotopic (exact) mass is 338 g/mol. The van der Waals surface area contributed by atoms with Crippen LogP contribution in [0.4, 0.5) is 0 Å². The molecule has 0 saturated carbocycles. The molecule has 0 unspecified atom stereocenters. The van der Waals surface area contributed by atoms with Gasteiger partial charge < -0.3 is 0 Å². The minimum absolute atomic E-state index is 0.663. The molecule has 50 valence electrons. The van der Waals surface area contributed by atoms with Gasteiger partial charge in [-0.25, -0.2) is 0 Å². The summed E-state index contributed by atoms with van der Waals surface area (Å²) in [7, 11) is -1.01. The Hall–Kier alpha value is 0.512. The molecule has 0 bridgehead atoms. The van der Waals surface area contributed by atoms with E-state index in [9.17, 15) is 4.46 Å². The summed E-state index contributed by atoms with van der Waals surface area (Å²) in [6, 6.07) is 0. The zero-order chi connectivity index (χ0) is 7.11. The molecule has 0 saturated heterocycles. The van der Waals surface area contributed by atoms with Gasteiger partial charge in [0.1, 0.15) is 0 Å². The summed E-state index contributed by atoms with van der Waals surface area (Å²) in [5.41, 5.74) is 0. The predicted octanol–water partition coefficient (Wildman–Crippen LogP) is -0.527. The van der Waals surface area contributed by atoms with E-state index in [0.717, 1.165) is 3.93 Å². The topological polar surface area (TPSA) is 55.8 Å². The molecule has 4 nitrogen and oxygen atoms in total. The van der Waals surface area contributed by atoms with Gasteiger partial charge in [0, 0.05) is 0 Å². The zero-order valence-electron chi connectivity index (χ0n) is 5.29. The van der Waals surface area contributed by atoms with Gasteiger partial charge in [-0.15, -0.1) is 0 Å². The van der Waals surface area contributed by atoms with Gasteiger partial charge in [-0.3, -0.25) is 0 Å². The molecule has 0 spiro atoms. The van der Waals surface area contributed by atoms with E-state index in [-0.39, 0.29) is 0 Å². The van der Waals surface area contributed by atoms with Crippen molar-refractivity contribution in [2.75, 3.05) is 13.7 Å². The van der Waals surface area contributed by atoms with Crippen LogP contribution in [0, 0.1) is 0 Å². The second-order valence-electron chi connectivity index (χ2n) is 1.46. The molecule has 0 atom stereocenters.